The van der Waals surface area contributed by atoms with Crippen LogP contribution in [0.15, 0.2) is 42.5 Å². The zero-order valence-corrected chi connectivity index (χ0v) is 16.0. The zero-order chi connectivity index (χ0) is 18.1. The van der Waals surface area contributed by atoms with E-state index < -0.39 is 0 Å². The number of hydrogen-bond donors (Lipinski definition) is 2. The van der Waals surface area contributed by atoms with Gasteiger partial charge in [0.1, 0.15) is 11.5 Å². The zero-order valence-electron chi connectivity index (χ0n) is 14.5. The smallest absolute Gasteiger partial charge is 0.166 e. The molecule has 0 fully saturated rings. The van der Waals surface area contributed by atoms with Crippen molar-refractivity contribution in [2.24, 2.45) is 0 Å². The summed E-state index contributed by atoms with van der Waals surface area (Å²) < 4.78 is 10.6. The highest BCUT2D eigenvalue weighted by Gasteiger charge is 2.05. The van der Waals surface area contributed by atoms with E-state index in [9.17, 15) is 0 Å². The van der Waals surface area contributed by atoms with Crippen LogP contribution in [0.5, 0.6) is 11.5 Å². The summed E-state index contributed by atoms with van der Waals surface area (Å²) in [4.78, 5) is 0. The predicted octanol–water partition coefficient (Wildman–Crippen LogP) is 3.61. The van der Waals surface area contributed by atoms with Crippen LogP contribution in [0.4, 0.5) is 0 Å². The van der Waals surface area contributed by atoms with Crippen LogP contribution in [0.1, 0.15) is 11.1 Å². The average Bonchev–Trinajstić information content (AvgIpc) is 2.63. The van der Waals surface area contributed by atoms with E-state index in [4.69, 9.17) is 33.3 Å². The van der Waals surface area contributed by atoms with Gasteiger partial charge in [-0.2, -0.15) is 0 Å². The van der Waals surface area contributed by atoms with Crippen molar-refractivity contribution in [1.82, 2.24) is 10.6 Å². The number of halogens is 1. The average molecular weight is 379 g/mol. The third-order valence-electron chi connectivity index (χ3n) is 3.78. The summed E-state index contributed by atoms with van der Waals surface area (Å²) in [6.45, 7) is 1.49. The Morgan fingerprint density at radius 1 is 0.960 bits per heavy atom. The number of benzene rings is 2. The van der Waals surface area contributed by atoms with Gasteiger partial charge in [-0.15, -0.1) is 0 Å². The number of thiocarbonyl (C=S) groups is 1. The summed E-state index contributed by atoms with van der Waals surface area (Å²) in [5.74, 6) is 1.67. The standard InChI is InChI=1S/C19H23ClN2O2S/c1-23-17-7-8-18(24-2)15(13-17)10-12-22-19(25)21-11-9-14-3-5-16(20)6-4-14/h3-8,13H,9-12H2,1-2H3,(H2,21,22,25). The molecule has 2 rings (SSSR count). The molecular formula is C19H23ClN2O2S. The van der Waals surface area contributed by atoms with E-state index in [0.29, 0.717) is 5.11 Å². The Balaban J connectivity index is 1.72. The fourth-order valence-corrected chi connectivity index (χ4v) is 2.75. The Kier molecular flexibility index (Phi) is 7.82. The van der Waals surface area contributed by atoms with Gasteiger partial charge in [-0.3, -0.25) is 0 Å². The molecule has 0 saturated heterocycles. The lowest BCUT2D eigenvalue weighted by Crippen LogP contribution is -2.37. The van der Waals surface area contributed by atoms with Gasteiger partial charge in [0, 0.05) is 18.1 Å². The minimum atomic E-state index is 0.649. The first kappa shape index (κ1) is 19.3. The van der Waals surface area contributed by atoms with Gasteiger partial charge in [0.25, 0.3) is 0 Å². The van der Waals surface area contributed by atoms with Crippen molar-refractivity contribution in [3.05, 3.63) is 58.6 Å². The lowest BCUT2D eigenvalue weighted by molar-refractivity contribution is 0.398. The quantitative estimate of drug-likeness (QED) is 0.687. The van der Waals surface area contributed by atoms with Crippen LogP contribution in [0.3, 0.4) is 0 Å². The van der Waals surface area contributed by atoms with Crippen molar-refractivity contribution in [3.8, 4) is 11.5 Å². The van der Waals surface area contributed by atoms with Gasteiger partial charge in [0.2, 0.25) is 0 Å². The lowest BCUT2D eigenvalue weighted by atomic mass is 10.1. The molecule has 6 heteroatoms. The lowest BCUT2D eigenvalue weighted by Gasteiger charge is -2.13. The van der Waals surface area contributed by atoms with Crippen LogP contribution < -0.4 is 20.1 Å². The fraction of sp³-hybridized carbons (Fsp3) is 0.316. The molecule has 2 aromatic rings. The Morgan fingerprint density at radius 2 is 1.64 bits per heavy atom. The van der Waals surface area contributed by atoms with Gasteiger partial charge >= 0.3 is 0 Å². The maximum Gasteiger partial charge on any atom is 0.166 e. The summed E-state index contributed by atoms with van der Waals surface area (Å²) in [6, 6.07) is 13.6. The van der Waals surface area contributed by atoms with E-state index in [1.807, 2.05) is 42.5 Å². The molecule has 4 nitrogen and oxygen atoms in total. The molecule has 0 saturated carbocycles. The van der Waals surface area contributed by atoms with Crippen LogP contribution in [-0.4, -0.2) is 32.4 Å². The van der Waals surface area contributed by atoms with Gasteiger partial charge in [-0.25, -0.2) is 0 Å². The Bertz CT molecular complexity index is 692. The maximum atomic E-state index is 5.88. The minimum absolute atomic E-state index is 0.649. The molecule has 0 amide bonds. The molecular weight excluding hydrogens is 356 g/mol. The highest BCUT2D eigenvalue weighted by molar-refractivity contribution is 7.80. The third-order valence-corrected chi connectivity index (χ3v) is 4.32. The van der Waals surface area contributed by atoms with E-state index in [2.05, 4.69) is 10.6 Å². The van der Waals surface area contributed by atoms with Crippen molar-refractivity contribution in [2.75, 3.05) is 27.3 Å². The molecule has 0 radical (unpaired) electrons. The highest BCUT2D eigenvalue weighted by Crippen LogP contribution is 2.24. The molecule has 0 aliphatic rings. The van der Waals surface area contributed by atoms with Crippen molar-refractivity contribution in [2.45, 2.75) is 12.8 Å². The van der Waals surface area contributed by atoms with E-state index in [-0.39, 0.29) is 0 Å². The topological polar surface area (TPSA) is 42.5 Å². The largest absolute Gasteiger partial charge is 0.497 e. The molecule has 0 aromatic heterocycles. The van der Waals surface area contributed by atoms with E-state index >= 15 is 0 Å². The summed E-state index contributed by atoms with van der Waals surface area (Å²) in [5, 5.41) is 7.83. The first-order valence-electron chi connectivity index (χ1n) is 8.09. The van der Waals surface area contributed by atoms with Crippen molar-refractivity contribution in [1.29, 1.82) is 0 Å². The van der Waals surface area contributed by atoms with Crippen LogP contribution in [0, 0.1) is 0 Å². The summed E-state index contributed by atoms with van der Waals surface area (Å²) in [5.41, 5.74) is 2.30. The molecule has 0 bridgehead atoms. The van der Waals surface area contributed by atoms with Crippen LogP contribution in [0.25, 0.3) is 0 Å². The summed E-state index contributed by atoms with van der Waals surface area (Å²) in [6.07, 6.45) is 1.68. The van der Waals surface area contributed by atoms with Crippen LogP contribution >= 0.6 is 23.8 Å². The highest BCUT2D eigenvalue weighted by atomic mass is 35.5. The molecule has 0 unspecified atom stereocenters. The van der Waals surface area contributed by atoms with E-state index in [0.717, 1.165) is 48.0 Å². The van der Waals surface area contributed by atoms with Gasteiger partial charge in [0.05, 0.1) is 14.2 Å². The second kappa shape index (κ2) is 10.1. The number of hydrogen-bond acceptors (Lipinski definition) is 3. The molecule has 134 valence electrons. The van der Waals surface area contributed by atoms with Crippen molar-refractivity contribution >= 4 is 28.9 Å². The van der Waals surface area contributed by atoms with Gasteiger partial charge in [-0.05, 0) is 66.5 Å². The van der Waals surface area contributed by atoms with E-state index in [1.165, 1.54) is 5.56 Å². The molecule has 0 aliphatic heterocycles. The number of ether oxygens (including phenoxy) is 2. The van der Waals surface area contributed by atoms with Crippen molar-refractivity contribution < 1.29 is 9.47 Å². The molecule has 0 atom stereocenters. The van der Waals surface area contributed by atoms with Crippen LogP contribution in [-0.2, 0) is 12.8 Å². The van der Waals surface area contributed by atoms with Crippen molar-refractivity contribution in [3.63, 3.8) is 0 Å². The first-order chi connectivity index (χ1) is 12.1. The summed E-state index contributed by atoms with van der Waals surface area (Å²) >= 11 is 11.2. The number of methoxy groups -OCH3 is 2. The molecule has 2 aromatic carbocycles. The number of rotatable bonds is 8. The fourth-order valence-electron chi connectivity index (χ4n) is 2.42. The van der Waals surface area contributed by atoms with E-state index in [1.54, 1.807) is 14.2 Å². The molecule has 0 aliphatic carbocycles. The maximum absolute atomic E-state index is 5.88. The predicted molar refractivity (Wildman–Crippen MR) is 107 cm³/mol. The Hall–Kier alpha value is -1.98. The third kappa shape index (κ3) is 6.44. The van der Waals surface area contributed by atoms with Gasteiger partial charge < -0.3 is 20.1 Å². The number of nitrogens with one attached hydrogen (secondary N) is 2. The Labute approximate surface area is 159 Å². The molecule has 0 heterocycles. The monoisotopic (exact) mass is 378 g/mol. The molecule has 2 N–H and O–H groups in total. The normalized spacial score (nSPS) is 10.2. The molecule has 0 spiro atoms. The second-order valence-electron chi connectivity index (χ2n) is 5.49. The SMILES string of the molecule is COc1ccc(OC)c(CCNC(=S)NCCc2ccc(Cl)cc2)c1. The van der Waals surface area contributed by atoms with Gasteiger partial charge in [-0.1, -0.05) is 23.7 Å². The second-order valence-corrected chi connectivity index (χ2v) is 6.33. The first-order valence-corrected chi connectivity index (χ1v) is 8.88. The Morgan fingerprint density at radius 3 is 2.28 bits per heavy atom. The summed E-state index contributed by atoms with van der Waals surface area (Å²) in [7, 11) is 3.32. The van der Waals surface area contributed by atoms with Crippen LogP contribution in [0.2, 0.25) is 5.02 Å². The molecule has 25 heavy (non-hydrogen) atoms. The minimum Gasteiger partial charge on any atom is -0.497 e. The van der Waals surface area contributed by atoms with Gasteiger partial charge in [0.15, 0.2) is 5.11 Å².